The van der Waals surface area contributed by atoms with E-state index in [4.69, 9.17) is 16.0 Å². The minimum absolute atomic E-state index is 0.0444. The summed E-state index contributed by atoms with van der Waals surface area (Å²) in [6.07, 6.45) is 2.29. The summed E-state index contributed by atoms with van der Waals surface area (Å²) in [5.41, 5.74) is 1.73. The van der Waals surface area contributed by atoms with Crippen LogP contribution in [0.25, 0.3) is 0 Å². The highest BCUT2D eigenvalue weighted by Gasteiger charge is 2.14. The van der Waals surface area contributed by atoms with E-state index < -0.39 is 0 Å². The fraction of sp³-hybridized carbons (Fsp3) is 0.267. The Morgan fingerprint density at radius 3 is 2.58 bits per heavy atom. The Hall–Kier alpha value is -1.74. The molecular formula is C15H16ClNO2. The molecule has 1 aromatic carbocycles. The van der Waals surface area contributed by atoms with Crippen molar-refractivity contribution in [3.8, 4) is 0 Å². The van der Waals surface area contributed by atoms with E-state index in [1.165, 1.54) is 6.26 Å². The molecule has 0 aliphatic rings. The highest BCUT2D eigenvalue weighted by molar-refractivity contribution is 6.30. The van der Waals surface area contributed by atoms with Crippen LogP contribution in [0, 0.1) is 6.92 Å². The van der Waals surface area contributed by atoms with Crippen LogP contribution in [0.5, 0.6) is 0 Å². The van der Waals surface area contributed by atoms with E-state index in [1.54, 1.807) is 13.0 Å². The van der Waals surface area contributed by atoms with Gasteiger partial charge in [0.15, 0.2) is 0 Å². The van der Waals surface area contributed by atoms with Gasteiger partial charge >= 0.3 is 0 Å². The van der Waals surface area contributed by atoms with Crippen molar-refractivity contribution in [2.75, 3.05) is 0 Å². The standard InChI is InChI=1S/C15H16ClNO2/c1-10(9-12-3-5-13(16)6-4-12)17-15(18)14-7-8-19-11(14)2/h3-8,10H,9H2,1-2H3,(H,17,18). The summed E-state index contributed by atoms with van der Waals surface area (Å²) in [7, 11) is 0. The van der Waals surface area contributed by atoms with Gasteiger partial charge in [0.25, 0.3) is 5.91 Å². The molecule has 0 radical (unpaired) electrons. The number of carbonyl (C=O) groups excluding carboxylic acids is 1. The van der Waals surface area contributed by atoms with Crippen molar-refractivity contribution < 1.29 is 9.21 Å². The average Bonchev–Trinajstić information content (AvgIpc) is 2.78. The molecule has 3 nitrogen and oxygen atoms in total. The lowest BCUT2D eigenvalue weighted by molar-refractivity contribution is 0.0938. The number of hydrogen-bond acceptors (Lipinski definition) is 2. The van der Waals surface area contributed by atoms with Gasteiger partial charge in [0, 0.05) is 11.1 Å². The lowest BCUT2D eigenvalue weighted by Crippen LogP contribution is -2.34. The number of amides is 1. The van der Waals surface area contributed by atoms with Gasteiger partial charge in [-0.05, 0) is 44.0 Å². The quantitative estimate of drug-likeness (QED) is 0.928. The number of rotatable bonds is 4. The highest BCUT2D eigenvalue weighted by atomic mass is 35.5. The van der Waals surface area contributed by atoms with Crippen LogP contribution in [0.3, 0.4) is 0 Å². The van der Waals surface area contributed by atoms with E-state index in [9.17, 15) is 4.79 Å². The van der Waals surface area contributed by atoms with Crippen LogP contribution in [0.4, 0.5) is 0 Å². The number of nitrogens with one attached hydrogen (secondary N) is 1. The van der Waals surface area contributed by atoms with Gasteiger partial charge in [0.05, 0.1) is 11.8 Å². The van der Waals surface area contributed by atoms with E-state index in [0.717, 1.165) is 17.0 Å². The molecule has 19 heavy (non-hydrogen) atoms. The molecule has 100 valence electrons. The van der Waals surface area contributed by atoms with Crippen LogP contribution in [0.15, 0.2) is 41.0 Å². The molecule has 0 aliphatic carbocycles. The summed E-state index contributed by atoms with van der Waals surface area (Å²) in [6.45, 7) is 3.75. The predicted octanol–water partition coefficient (Wildman–Crippen LogP) is 3.60. The lowest BCUT2D eigenvalue weighted by atomic mass is 10.1. The number of benzene rings is 1. The first-order valence-electron chi connectivity index (χ1n) is 6.15. The molecule has 0 fully saturated rings. The predicted molar refractivity (Wildman–Crippen MR) is 75.5 cm³/mol. The van der Waals surface area contributed by atoms with Gasteiger partial charge in [0.1, 0.15) is 5.76 Å². The van der Waals surface area contributed by atoms with Gasteiger partial charge < -0.3 is 9.73 Å². The fourth-order valence-electron chi connectivity index (χ4n) is 1.95. The molecule has 0 bridgehead atoms. The summed E-state index contributed by atoms with van der Waals surface area (Å²) < 4.78 is 5.12. The van der Waals surface area contributed by atoms with Gasteiger partial charge in [-0.3, -0.25) is 4.79 Å². The normalized spacial score (nSPS) is 12.2. The third-order valence-corrected chi connectivity index (χ3v) is 3.19. The summed E-state index contributed by atoms with van der Waals surface area (Å²) in [6, 6.07) is 9.36. The van der Waals surface area contributed by atoms with Gasteiger partial charge in [0.2, 0.25) is 0 Å². The molecule has 1 N–H and O–H groups in total. The maximum absolute atomic E-state index is 12.0. The van der Waals surface area contributed by atoms with Crippen molar-refractivity contribution in [2.45, 2.75) is 26.3 Å². The number of aryl methyl sites for hydroxylation is 1. The van der Waals surface area contributed by atoms with Crippen molar-refractivity contribution >= 4 is 17.5 Å². The smallest absolute Gasteiger partial charge is 0.255 e. The molecule has 1 unspecified atom stereocenters. The molecule has 4 heteroatoms. The van der Waals surface area contributed by atoms with Crippen molar-refractivity contribution in [1.82, 2.24) is 5.32 Å². The zero-order chi connectivity index (χ0) is 13.8. The van der Waals surface area contributed by atoms with Crippen LogP contribution in [0.1, 0.15) is 28.6 Å². The van der Waals surface area contributed by atoms with Crippen LogP contribution >= 0.6 is 11.6 Å². The van der Waals surface area contributed by atoms with Crippen LogP contribution in [-0.4, -0.2) is 11.9 Å². The number of hydrogen-bond donors (Lipinski definition) is 1. The molecule has 1 heterocycles. The van der Waals surface area contributed by atoms with Crippen molar-refractivity contribution in [3.63, 3.8) is 0 Å². The van der Waals surface area contributed by atoms with Crippen molar-refractivity contribution in [2.24, 2.45) is 0 Å². The molecule has 0 spiro atoms. The van der Waals surface area contributed by atoms with Gasteiger partial charge in [-0.15, -0.1) is 0 Å². The zero-order valence-corrected chi connectivity index (χ0v) is 11.7. The molecule has 0 aliphatic heterocycles. The molecule has 1 amide bonds. The van der Waals surface area contributed by atoms with Crippen LogP contribution in [0.2, 0.25) is 5.02 Å². The van der Waals surface area contributed by atoms with Crippen molar-refractivity contribution in [3.05, 3.63) is 58.5 Å². The molecule has 1 aromatic heterocycles. The highest BCUT2D eigenvalue weighted by Crippen LogP contribution is 2.12. The minimum atomic E-state index is -0.104. The maximum atomic E-state index is 12.0. The molecule has 2 rings (SSSR count). The first-order chi connectivity index (χ1) is 9.06. The molecule has 0 saturated heterocycles. The molecular weight excluding hydrogens is 262 g/mol. The Morgan fingerprint density at radius 2 is 2.00 bits per heavy atom. The first kappa shape index (κ1) is 13.7. The topological polar surface area (TPSA) is 42.2 Å². The first-order valence-corrected chi connectivity index (χ1v) is 6.53. The zero-order valence-electron chi connectivity index (χ0n) is 10.9. The number of carbonyl (C=O) groups is 1. The third-order valence-electron chi connectivity index (χ3n) is 2.94. The number of halogens is 1. The second kappa shape index (κ2) is 5.93. The summed E-state index contributed by atoms with van der Waals surface area (Å²) in [5.74, 6) is 0.531. The second-order valence-electron chi connectivity index (χ2n) is 4.60. The average molecular weight is 278 g/mol. The van der Waals surface area contributed by atoms with E-state index >= 15 is 0 Å². The SMILES string of the molecule is Cc1occc1C(=O)NC(C)Cc1ccc(Cl)cc1. The van der Waals surface area contributed by atoms with Gasteiger partial charge in [-0.1, -0.05) is 23.7 Å². The molecule has 2 aromatic rings. The summed E-state index contributed by atoms with van der Waals surface area (Å²) >= 11 is 5.84. The Morgan fingerprint density at radius 1 is 1.32 bits per heavy atom. The van der Waals surface area contributed by atoms with E-state index in [1.807, 2.05) is 31.2 Å². The third kappa shape index (κ3) is 3.61. The maximum Gasteiger partial charge on any atom is 0.255 e. The Kier molecular flexibility index (Phi) is 4.27. The second-order valence-corrected chi connectivity index (χ2v) is 5.03. The van der Waals surface area contributed by atoms with E-state index in [0.29, 0.717) is 11.3 Å². The fourth-order valence-corrected chi connectivity index (χ4v) is 2.07. The Bertz CT molecular complexity index is 560. The largest absolute Gasteiger partial charge is 0.469 e. The van der Waals surface area contributed by atoms with Crippen LogP contribution in [-0.2, 0) is 6.42 Å². The van der Waals surface area contributed by atoms with Gasteiger partial charge in [-0.2, -0.15) is 0 Å². The minimum Gasteiger partial charge on any atom is -0.469 e. The molecule has 1 atom stereocenters. The summed E-state index contributed by atoms with van der Waals surface area (Å²) in [4.78, 5) is 12.0. The molecule has 0 saturated carbocycles. The van der Waals surface area contributed by atoms with Crippen LogP contribution < -0.4 is 5.32 Å². The summed E-state index contributed by atoms with van der Waals surface area (Å²) in [5, 5.41) is 3.67. The van der Waals surface area contributed by atoms with Crippen molar-refractivity contribution in [1.29, 1.82) is 0 Å². The van der Waals surface area contributed by atoms with E-state index in [2.05, 4.69) is 5.32 Å². The Balaban J connectivity index is 1.94. The number of furan rings is 1. The monoisotopic (exact) mass is 277 g/mol. The van der Waals surface area contributed by atoms with E-state index in [-0.39, 0.29) is 11.9 Å². The lowest BCUT2D eigenvalue weighted by Gasteiger charge is -2.13. The van der Waals surface area contributed by atoms with Gasteiger partial charge in [-0.25, -0.2) is 0 Å². The Labute approximate surface area is 117 Å².